The van der Waals surface area contributed by atoms with Crippen LogP contribution in [0.4, 0.5) is 8.78 Å². The van der Waals surface area contributed by atoms with Crippen LogP contribution in [0.25, 0.3) is 0 Å². The molecule has 5 heteroatoms. The maximum atomic E-state index is 12.8. The molecule has 0 amide bonds. The van der Waals surface area contributed by atoms with Gasteiger partial charge in [-0.05, 0) is 30.7 Å². The number of halogens is 2. The maximum Gasteiger partial charge on any atom is 0.387 e. The zero-order valence-corrected chi connectivity index (χ0v) is 14.9. The lowest BCUT2D eigenvalue weighted by Crippen LogP contribution is -2.15. The van der Waals surface area contributed by atoms with E-state index in [-0.39, 0.29) is 22.8 Å². The topological polar surface area (TPSA) is 26.3 Å². The van der Waals surface area contributed by atoms with E-state index in [0.717, 1.165) is 12.0 Å². The standard InChI is InChI=1S/C19H25BF2O2/c1-11-8-13(9-12(11)2)17-14(15(23)10-19(3,4)20)6-5-7-16(17)24-18(21)22/h5-7,12-13,18H,1,8-10,20H2,2-4H3. The van der Waals surface area contributed by atoms with E-state index in [1.807, 2.05) is 21.7 Å². The van der Waals surface area contributed by atoms with E-state index < -0.39 is 6.61 Å². The van der Waals surface area contributed by atoms with Gasteiger partial charge in [0.1, 0.15) is 13.6 Å². The largest absolute Gasteiger partial charge is 0.435 e. The molecule has 24 heavy (non-hydrogen) atoms. The molecule has 1 aromatic rings. The van der Waals surface area contributed by atoms with Gasteiger partial charge in [0.2, 0.25) is 0 Å². The number of benzene rings is 1. The number of carbonyl (C=O) groups is 1. The van der Waals surface area contributed by atoms with Crippen LogP contribution in [0, 0.1) is 5.92 Å². The quantitative estimate of drug-likeness (QED) is 0.426. The molecule has 1 saturated carbocycles. The summed E-state index contributed by atoms with van der Waals surface area (Å²) in [5.74, 6) is 0.417. The van der Waals surface area contributed by atoms with Crippen molar-refractivity contribution in [3.8, 4) is 5.75 Å². The fraction of sp³-hybridized carbons (Fsp3) is 0.526. The second kappa shape index (κ2) is 7.08. The van der Waals surface area contributed by atoms with Crippen molar-refractivity contribution in [1.82, 2.24) is 0 Å². The van der Waals surface area contributed by atoms with Gasteiger partial charge in [-0.2, -0.15) is 8.78 Å². The summed E-state index contributed by atoms with van der Waals surface area (Å²) in [6, 6.07) is 4.87. The molecule has 0 N–H and O–H groups in total. The molecule has 0 radical (unpaired) electrons. The molecule has 0 spiro atoms. The van der Waals surface area contributed by atoms with Crippen molar-refractivity contribution in [2.24, 2.45) is 5.92 Å². The summed E-state index contributed by atoms with van der Waals surface area (Å²) in [7, 11) is 1.99. The highest BCUT2D eigenvalue weighted by Gasteiger charge is 2.32. The van der Waals surface area contributed by atoms with Crippen molar-refractivity contribution in [2.45, 2.75) is 57.9 Å². The lowest BCUT2D eigenvalue weighted by molar-refractivity contribution is -0.0506. The molecule has 0 heterocycles. The number of alkyl halides is 2. The highest BCUT2D eigenvalue weighted by Crippen LogP contribution is 2.46. The molecule has 1 aliphatic rings. The maximum absolute atomic E-state index is 12.8. The molecular weight excluding hydrogens is 309 g/mol. The van der Waals surface area contributed by atoms with Crippen molar-refractivity contribution in [1.29, 1.82) is 0 Å². The Balaban J connectivity index is 2.46. The molecule has 1 aliphatic carbocycles. The average molecular weight is 334 g/mol. The zero-order chi connectivity index (χ0) is 18.1. The van der Waals surface area contributed by atoms with Gasteiger partial charge in [0, 0.05) is 17.5 Å². The van der Waals surface area contributed by atoms with Crippen molar-refractivity contribution in [3.05, 3.63) is 41.5 Å². The highest BCUT2D eigenvalue weighted by atomic mass is 19.3. The van der Waals surface area contributed by atoms with Crippen LogP contribution in [0.2, 0.25) is 5.31 Å². The fourth-order valence-electron chi connectivity index (χ4n) is 3.40. The van der Waals surface area contributed by atoms with Crippen molar-refractivity contribution in [3.63, 3.8) is 0 Å². The Kier molecular flexibility index (Phi) is 5.51. The molecule has 1 fully saturated rings. The smallest absolute Gasteiger partial charge is 0.387 e. The Morgan fingerprint density at radius 3 is 2.62 bits per heavy atom. The number of ketones is 1. The predicted octanol–water partition coefficient (Wildman–Crippen LogP) is 4.76. The van der Waals surface area contributed by atoms with E-state index in [2.05, 4.69) is 13.5 Å². The lowest BCUT2D eigenvalue weighted by atomic mass is 9.68. The van der Waals surface area contributed by atoms with E-state index in [1.54, 1.807) is 12.1 Å². The SMILES string of the molecule is BC(C)(C)CC(=O)c1cccc(OC(F)F)c1C1CC(=C)C(C)C1. The molecule has 0 aromatic heterocycles. The first kappa shape index (κ1) is 18.7. The number of ether oxygens (including phenoxy) is 1. The van der Waals surface area contributed by atoms with E-state index >= 15 is 0 Å². The average Bonchev–Trinajstić information content (AvgIpc) is 2.75. The molecule has 0 saturated heterocycles. The summed E-state index contributed by atoms with van der Waals surface area (Å²) in [4.78, 5) is 12.8. The minimum Gasteiger partial charge on any atom is -0.435 e. The second-order valence-corrected chi connectivity index (χ2v) is 7.95. The molecular formula is C19H25BF2O2. The summed E-state index contributed by atoms with van der Waals surface area (Å²) in [5.41, 5.74) is 2.23. The third-order valence-corrected chi connectivity index (χ3v) is 4.53. The van der Waals surface area contributed by atoms with Crippen LogP contribution >= 0.6 is 0 Å². The van der Waals surface area contributed by atoms with Gasteiger partial charge in [0.25, 0.3) is 0 Å². The van der Waals surface area contributed by atoms with Crippen molar-refractivity contribution < 1.29 is 18.3 Å². The summed E-state index contributed by atoms with van der Waals surface area (Å²) >= 11 is 0. The Bertz CT molecular complexity index is 635. The van der Waals surface area contributed by atoms with E-state index in [4.69, 9.17) is 4.74 Å². The number of hydrogen-bond acceptors (Lipinski definition) is 2. The van der Waals surface area contributed by atoms with E-state index in [9.17, 15) is 13.6 Å². The normalized spacial score (nSPS) is 21.3. The molecule has 2 atom stereocenters. The number of hydrogen-bond donors (Lipinski definition) is 0. The molecule has 2 unspecified atom stereocenters. The molecule has 1 aromatic carbocycles. The molecule has 0 bridgehead atoms. The molecule has 2 rings (SSSR count). The monoisotopic (exact) mass is 334 g/mol. The third kappa shape index (κ3) is 4.46. The first-order valence-corrected chi connectivity index (χ1v) is 8.37. The summed E-state index contributed by atoms with van der Waals surface area (Å²) in [5, 5.41) is -0.166. The zero-order valence-electron chi connectivity index (χ0n) is 14.9. The Morgan fingerprint density at radius 1 is 1.46 bits per heavy atom. The van der Waals surface area contributed by atoms with Gasteiger partial charge in [-0.3, -0.25) is 4.79 Å². The van der Waals surface area contributed by atoms with Gasteiger partial charge in [0.15, 0.2) is 5.78 Å². The van der Waals surface area contributed by atoms with Crippen LogP contribution in [0.1, 0.15) is 61.9 Å². The van der Waals surface area contributed by atoms with Crippen LogP contribution in [-0.4, -0.2) is 20.2 Å². The highest BCUT2D eigenvalue weighted by molar-refractivity contribution is 6.17. The lowest BCUT2D eigenvalue weighted by Gasteiger charge is -2.22. The Labute approximate surface area is 143 Å². The van der Waals surface area contributed by atoms with E-state index in [1.165, 1.54) is 6.07 Å². The number of Topliss-reactive ketones (excluding diaryl/α,β-unsaturated/α-hetero) is 1. The van der Waals surface area contributed by atoms with Crippen LogP contribution in [0.3, 0.4) is 0 Å². The van der Waals surface area contributed by atoms with Gasteiger partial charge >= 0.3 is 6.61 Å². The first-order chi connectivity index (χ1) is 11.1. The second-order valence-electron chi connectivity index (χ2n) is 7.95. The number of carbonyl (C=O) groups excluding carboxylic acids is 1. The molecule has 0 aliphatic heterocycles. The van der Waals surface area contributed by atoms with Crippen LogP contribution in [0.5, 0.6) is 5.75 Å². The summed E-state index contributed by atoms with van der Waals surface area (Å²) in [6.07, 6.45) is 1.88. The van der Waals surface area contributed by atoms with Gasteiger partial charge < -0.3 is 4.74 Å². The van der Waals surface area contributed by atoms with Gasteiger partial charge in [-0.1, -0.05) is 50.4 Å². The van der Waals surface area contributed by atoms with Gasteiger partial charge in [-0.25, -0.2) is 0 Å². The Morgan fingerprint density at radius 2 is 2.12 bits per heavy atom. The first-order valence-electron chi connectivity index (χ1n) is 8.37. The molecule has 130 valence electrons. The van der Waals surface area contributed by atoms with Gasteiger partial charge in [-0.15, -0.1) is 0 Å². The molecule has 2 nitrogen and oxygen atoms in total. The minimum atomic E-state index is -2.90. The third-order valence-electron chi connectivity index (χ3n) is 4.53. The van der Waals surface area contributed by atoms with Crippen molar-refractivity contribution >= 4 is 13.6 Å². The van der Waals surface area contributed by atoms with E-state index in [0.29, 0.717) is 29.9 Å². The number of rotatable bonds is 6. The van der Waals surface area contributed by atoms with Crippen LogP contribution in [0.15, 0.2) is 30.4 Å². The fourth-order valence-corrected chi connectivity index (χ4v) is 3.40. The predicted molar refractivity (Wildman–Crippen MR) is 94.9 cm³/mol. The summed E-state index contributed by atoms with van der Waals surface area (Å²) in [6.45, 7) is 7.22. The number of allylic oxidation sites excluding steroid dienone is 1. The van der Waals surface area contributed by atoms with Crippen LogP contribution < -0.4 is 4.74 Å². The summed E-state index contributed by atoms with van der Waals surface area (Å²) < 4.78 is 30.4. The minimum absolute atomic E-state index is 0.00127. The Hall–Kier alpha value is -1.65. The van der Waals surface area contributed by atoms with Crippen molar-refractivity contribution in [2.75, 3.05) is 0 Å². The van der Waals surface area contributed by atoms with Crippen LogP contribution in [-0.2, 0) is 0 Å². The van der Waals surface area contributed by atoms with Gasteiger partial charge in [0.05, 0.1) is 0 Å².